The summed E-state index contributed by atoms with van der Waals surface area (Å²) in [5.41, 5.74) is 4.58. The van der Waals surface area contributed by atoms with E-state index in [9.17, 15) is 4.39 Å². The summed E-state index contributed by atoms with van der Waals surface area (Å²) in [6, 6.07) is 11.2. The molecule has 1 aliphatic rings. The number of rotatable bonds is 3. The highest BCUT2D eigenvalue weighted by Gasteiger charge is 2.19. The van der Waals surface area contributed by atoms with Crippen LogP contribution in [0.15, 0.2) is 36.4 Å². The van der Waals surface area contributed by atoms with Crippen LogP contribution >= 0.6 is 23.8 Å². The van der Waals surface area contributed by atoms with Crippen molar-refractivity contribution < 1.29 is 4.39 Å². The Balaban J connectivity index is 1.51. The standard InChI is InChI=1S/C20H23ClFN3S/c1-14-3-5-17(11-15(14)2)23-20(26)25-9-7-24(8-10-25)13-16-4-6-19(22)18(21)12-16/h3-6,11-12H,7-10,13H2,1-2H3,(H,23,26). The van der Waals surface area contributed by atoms with Gasteiger partial charge in [-0.2, -0.15) is 0 Å². The van der Waals surface area contributed by atoms with Gasteiger partial charge in [0.15, 0.2) is 5.11 Å². The Morgan fingerprint density at radius 3 is 2.46 bits per heavy atom. The molecule has 3 nitrogen and oxygen atoms in total. The van der Waals surface area contributed by atoms with Crippen molar-refractivity contribution in [2.45, 2.75) is 20.4 Å². The number of nitrogens with zero attached hydrogens (tertiary/aromatic N) is 2. The van der Waals surface area contributed by atoms with Gasteiger partial charge in [0.2, 0.25) is 0 Å². The van der Waals surface area contributed by atoms with Gasteiger partial charge in [0.1, 0.15) is 5.82 Å². The van der Waals surface area contributed by atoms with Crippen LogP contribution in [-0.2, 0) is 6.54 Å². The van der Waals surface area contributed by atoms with Crippen LogP contribution in [0.5, 0.6) is 0 Å². The average molecular weight is 392 g/mol. The van der Waals surface area contributed by atoms with Crippen LogP contribution < -0.4 is 5.32 Å². The Bertz CT molecular complexity index is 804. The highest BCUT2D eigenvalue weighted by molar-refractivity contribution is 7.80. The highest BCUT2D eigenvalue weighted by atomic mass is 35.5. The van der Waals surface area contributed by atoms with Crippen molar-refractivity contribution in [3.8, 4) is 0 Å². The summed E-state index contributed by atoms with van der Waals surface area (Å²) in [5, 5.41) is 4.28. The van der Waals surface area contributed by atoms with Crippen molar-refractivity contribution in [1.29, 1.82) is 0 Å². The number of thiocarbonyl (C=S) groups is 1. The first-order valence-corrected chi connectivity index (χ1v) is 9.50. The molecule has 1 aliphatic heterocycles. The maximum absolute atomic E-state index is 13.3. The molecule has 2 aromatic rings. The SMILES string of the molecule is Cc1ccc(NC(=S)N2CCN(Cc3ccc(F)c(Cl)c3)CC2)cc1C. The van der Waals surface area contributed by atoms with E-state index in [0.29, 0.717) is 0 Å². The lowest BCUT2D eigenvalue weighted by molar-refractivity contribution is 0.177. The number of nitrogens with one attached hydrogen (secondary N) is 1. The lowest BCUT2D eigenvalue weighted by atomic mass is 10.1. The van der Waals surface area contributed by atoms with Gasteiger partial charge in [-0.25, -0.2) is 4.39 Å². The molecule has 0 saturated carbocycles. The summed E-state index contributed by atoms with van der Waals surface area (Å²) in [6.07, 6.45) is 0. The molecule has 1 fully saturated rings. The molecule has 0 unspecified atom stereocenters. The minimum atomic E-state index is -0.372. The lowest BCUT2D eigenvalue weighted by Crippen LogP contribution is -2.49. The molecule has 0 aliphatic carbocycles. The van der Waals surface area contributed by atoms with Crippen molar-refractivity contribution in [3.63, 3.8) is 0 Å². The van der Waals surface area contributed by atoms with Gasteiger partial charge < -0.3 is 10.2 Å². The smallest absolute Gasteiger partial charge is 0.173 e. The van der Waals surface area contributed by atoms with E-state index in [1.54, 1.807) is 12.1 Å². The van der Waals surface area contributed by atoms with E-state index >= 15 is 0 Å². The van der Waals surface area contributed by atoms with Gasteiger partial charge in [0.05, 0.1) is 5.02 Å². The molecule has 6 heteroatoms. The fourth-order valence-electron chi connectivity index (χ4n) is 3.03. The maximum Gasteiger partial charge on any atom is 0.173 e. The molecule has 26 heavy (non-hydrogen) atoms. The average Bonchev–Trinajstić information content (AvgIpc) is 2.62. The number of hydrogen-bond acceptors (Lipinski definition) is 2. The summed E-state index contributed by atoms with van der Waals surface area (Å²) in [6.45, 7) is 8.52. The third-order valence-electron chi connectivity index (χ3n) is 4.81. The zero-order valence-electron chi connectivity index (χ0n) is 15.1. The molecule has 0 aromatic heterocycles. The van der Waals surface area contributed by atoms with Crippen molar-refractivity contribution in [3.05, 3.63) is 63.9 Å². The third kappa shape index (κ3) is 4.72. The first-order chi connectivity index (χ1) is 12.4. The fourth-order valence-corrected chi connectivity index (χ4v) is 3.53. The van der Waals surface area contributed by atoms with Gasteiger partial charge in [-0.1, -0.05) is 23.7 Å². The first-order valence-electron chi connectivity index (χ1n) is 8.72. The first kappa shape index (κ1) is 19.1. The molecule has 3 rings (SSSR count). The lowest BCUT2D eigenvalue weighted by Gasteiger charge is -2.36. The molecule has 0 atom stereocenters. The normalized spacial score (nSPS) is 15.2. The monoisotopic (exact) mass is 391 g/mol. The zero-order chi connectivity index (χ0) is 18.7. The number of halogens is 2. The second-order valence-electron chi connectivity index (χ2n) is 6.74. The van der Waals surface area contributed by atoms with Crippen molar-refractivity contribution >= 4 is 34.6 Å². The molecule has 1 saturated heterocycles. The second kappa shape index (κ2) is 8.33. The van der Waals surface area contributed by atoms with Crippen LogP contribution in [0.25, 0.3) is 0 Å². The second-order valence-corrected chi connectivity index (χ2v) is 7.53. The van der Waals surface area contributed by atoms with E-state index in [0.717, 1.165) is 49.1 Å². The Morgan fingerprint density at radius 2 is 1.81 bits per heavy atom. The Morgan fingerprint density at radius 1 is 1.08 bits per heavy atom. The number of anilines is 1. The number of hydrogen-bond donors (Lipinski definition) is 1. The fraction of sp³-hybridized carbons (Fsp3) is 0.350. The van der Waals surface area contributed by atoms with Crippen LogP contribution in [0, 0.1) is 19.7 Å². The number of aryl methyl sites for hydroxylation is 2. The Hall–Kier alpha value is -1.69. The van der Waals surface area contributed by atoms with Gasteiger partial charge in [-0.15, -0.1) is 0 Å². The molecule has 0 amide bonds. The quantitative estimate of drug-likeness (QED) is 0.770. The predicted octanol–water partition coefficient (Wildman–Crippen LogP) is 4.61. The van der Waals surface area contributed by atoms with Gasteiger partial charge in [-0.3, -0.25) is 4.90 Å². The topological polar surface area (TPSA) is 18.5 Å². The number of benzene rings is 2. The van der Waals surface area contributed by atoms with E-state index in [4.69, 9.17) is 23.8 Å². The summed E-state index contributed by atoms with van der Waals surface area (Å²) < 4.78 is 13.3. The van der Waals surface area contributed by atoms with Crippen LogP contribution in [0.1, 0.15) is 16.7 Å². The van der Waals surface area contributed by atoms with E-state index < -0.39 is 0 Å². The Kier molecular flexibility index (Phi) is 6.12. The molecule has 0 spiro atoms. The van der Waals surface area contributed by atoms with Crippen molar-refractivity contribution in [2.75, 3.05) is 31.5 Å². The zero-order valence-corrected chi connectivity index (χ0v) is 16.6. The molecule has 1 heterocycles. The molecule has 138 valence electrons. The maximum atomic E-state index is 13.3. The summed E-state index contributed by atoms with van der Waals surface area (Å²) in [4.78, 5) is 4.53. The molecule has 0 bridgehead atoms. The van der Waals surface area contributed by atoms with Crippen LogP contribution in [0.4, 0.5) is 10.1 Å². The number of piperazine rings is 1. The Labute approximate surface area is 164 Å². The van der Waals surface area contributed by atoms with Crippen LogP contribution in [0.2, 0.25) is 5.02 Å². The van der Waals surface area contributed by atoms with Crippen molar-refractivity contribution in [2.24, 2.45) is 0 Å². The van der Waals surface area contributed by atoms with Gasteiger partial charge in [0, 0.05) is 38.4 Å². The summed E-state index contributed by atoms with van der Waals surface area (Å²) in [7, 11) is 0. The van der Waals surface area contributed by atoms with Crippen LogP contribution in [0.3, 0.4) is 0 Å². The van der Waals surface area contributed by atoms with E-state index in [1.165, 1.54) is 17.2 Å². The largest absolute Gasteiger partial charge is 0.346 e. The highest BCUT2D eigenvalue weighted by Crippen LogP contribution is 2.19. The molecular formula is C20H23ClFN3S. The molecule has 0 radical (unpaired) electrons. The van der Waals surface area contributed by atoms with E-state index in [-0.39, 0.29) is 10.8 Å². The minimum absolute atomic E-state index is 0.180. The van der Waals surface area contributed by atoms with Gasteiger partial charge >= 0.3 is 0 Å². The summed E-state index contributed by atoms with van der Waals surface area (Å²) in [5.74, 6) is -0.372. The minimum Gasteiger partial charge on any atom is -0.346 e. The van der Waals surface area contributed by atoms with Gasteiger partial charge in [0.25, 0.3) is 0 Å². The van der Waals surface area contributed by atoms with Crippen LogP contribution in [-0.4, -0.2) is 41.1 Å². The van der Waals surface area contributed by atoms with E-state index in [1.807, 2.05) is 0 Å². The summed E-state index contributed by atoms with van der Waals surface area (Å²) >= 11 is 11.4. The molecule has 2 aromatic carbocycles. The third-order valence-corrected chi connectivity index (χ3v) is 5.46. The van der Waals surface area contributed by atoms with E-state index in [2.05, 4.69) is 47.2 Å². The molecule has 1 N–H and O–H groups in total. The van der Waals surface area contributed by atoms with Gasteiger partial charge in [-0.05, 0) is 67.0 Å². The molecular weight excluding hydrogens is 369 g/mol. The predicted molar refractivity (Wildman–Crippen MR) is 110 cm³/mol. The van der Waals surface area contributed by atoms with Crippen molar-refractivity contribution in [1.82, 2.24) is 9.80 Å².